The molecule has 0 radical (unpaired) electrons. The van der Waals surface area contributed by atoms with Crippen LogP contribution in [0, 0.1) is 0 Å². The van der Waals surface area contributed by atoms with E-state index in [0.29, 0.717) is 25.7 Å². The fourth-order valence-electron chi connectivity index (χ4n) is 3.09. The first kappa shape index (κ1) is 25.5. The van der Waals surface area contributed by atoms with Crippen molar-refractivity contribution in [1.82, 2.24) is 15.1 Å². The lowest BCUT2D eigenvalue weighted by molar-refractivity contribution is 0.00983. The van der Waals surface area contributed by atoms with Gasteiger partial charge in [-0.15, -0.1) is 0 Å². The molecule has 1 amide bonds. The smallest absolute Gasteiger partial charge is 0.410 e. The van der Waals surface area contributed by atoms with Crippen LogP contribution in [0.15, 0.2) is 4.99 Å². The van der Waals surface area contributed by atoms with Crippen molar-refractivity contribution in [2.45, 2.75) is 65.6 Å². The summed E-state index contributed by atoms with van der Waals surface area (Å²) in [5.41, 5.74) is -0.487. The number of nitrogens with zero attached hydrogens (tertiary/aromatic N) is 3. The van der Waals surface area contributed by atoms with Crippen LogP contribution in [0.1, 0.15) is 53.9 Å². The first-order valence-corrected chi connectivity index (χ1v) is 10.9. The number of piperidine rings is 1. The Bertz CT molecular complexity index is 486. The van der Waals surface area contributed by atoms with Crippen molar-refractivity contribution in [2.24, 2.45) is 4.99 Å². The maximum absolute atomic E-state index is 12.3. The molecule has 0 unspecified atom stereocenters. The lowest BCUT2D eigenvalue weighted by atomic mass is 10.1. The van der Waals surface area contributed by atoms with Crippen molar-refractivity contribution in [3.63, 3.8) is 0 Å². The van der Waals surface area contributed by atoms with E-state index in [2.05, 4.69) is 17.1 Å². The highest BCUT2D eigenvalue weighted by Gasteiger charge is 2.23. The third-order valence-electron chi connectivity index (χ3n) is 4.59. The molecule has 1 saturated heterocycles. The Morgan fingerprint density at radius 3 is 2.45 bits per heavy atom. The van der Waals surface area contributed by atoms with Gasteiger partial charge in [0.15, 0.2) is 5.96 Å². The van der Waals surface area contributed by atoms with E-state index < -0.39 is 5.60 Å². The second kappa shape index (κ2) is 13.6. The Balaban J connectivity index is 2.49. The maximum atomic E-state index is 12.3. The molecule has 0 saturated carbocycles. The molecule has 1 N–H and O–H groups in total. The largest absolute Gasteiger partial charge is 0.444 e. The third-order valence-corrected chi connectivity index (χ3v) is 4.59. The molecule has 0 aromatic carbocycles. The van der Waals surface area contributed by atoms with Gasteiger partial charge in [0.25, 0.3) is 0 Å². The number of nitrogens with one attached hydrogen (secondary N) is 1. The number of carbonyl (C=O) groups is 1. The zero-order valence-electron chi connectivity index (χ0n) is 19.3. The molecule has 1 rings (SSSR count). The molecule has 0 aromatic rings. The van der Waals surface area contributed by atoms with Crippen molar-refractivity contribution in [3.05, 3.63) is 0 Å². The molecule has 0 aromatic heterocycles. The summed E-state index contributed by atoms with van der Waals surface area (Å²) < 4.78 is 16.5. The second-order valence-corrected chi connectivity index (χ2v) is 8.20. The molecule has 1 fully saturated rings. The molecule has 8 heteroatoms. The van der Waals surface area contributed by atoms with Crippen molar-refractivity contribution in [2.75, 3.05) is 59.6 Å². The van der Waals surface area contributed by atoms with Gasteiger partial charge in [-0.1, -0.05) is 0 Å². The number of aliphatic imine (C=N–C) groups is 1. The van der Waals surface area contributed by atoms with Crippen LogP contribution in [-0.2, 0) is 14.2 Å². The van der Waals surface area contributed by atoms with Crippen LogP contribution >= 0.6 is 0 Å². The van der Waals surface area contributed by atoms with Crippen molar-refractivity contribution < 1.29 is 19.0 Å². The summed E-state index contributed by atoms with van der Waals surface area (Å²) in [6.45, 7) is 15.5. The Morgan fingerprint density at radius 1 is 1.21 bits per heavy atom. The molecular formula is C21H42N4O4. The minimum atomic E-state index is -0.487. The molecular weight excluding hydrogens is 372 g/mol. The number of methoxy groups -OCH3 is 1. The fraction of sp³-hybridized carbons (Fsp3) is 0.905. The van der Waals surface area contributed by atoms with E-state index in [-0.39, 0.29) is 6.09 Å². The number of ether oxygens (including phenoxy) is 3. The lowest BCUT2D eigenvalue weighted by Crippen LogP contribution is -2.47. The van der Waals surface area contributed by atoms with Gasteiger partial charge in [-0.2, -0.15) is 0 Å². The first-order chi connectivity index (χ1) is 13.8. The van der Waals surface area contributed by atoms with E-state index in [9.17, 15) is 4.79 Å². The summed E-state index contributed by atoms with van der Waals surface area (Å²) in [7, 11) is 1.72. The van der Waals surface area contributed by atoms with Crippen LogP contribution in [0.4, 0.5) is 4.79 Å². The van der Waals surface area contributed by atoms with E-state index in [4.69, 9.17) is 19.2 Å². The number of hydrogen-bond acceptors (Lipinski definition) is 5. The van der Waals surface area contributed by atoms with Crippen molar-refractivity contribution >= 4 is 12.1 Å². The molecule has 0 atom stereocenters. The van der Waals surface area contributed by atoms with Gasteiger partial charge in [0, 0.05) is 53.0 Å². The number of likely N-dealkylation sites (N-methyl/N-ethyl adjacent to an activating group) is 1. The number of hydrogen-bond donors (Lipinski definition) is 1. The van der Waals surface area contributed by atoms with Gasteiger partial charge in [-0.25, -0.2) is 4.79 Å². The Kier molecular flexibility index (Phi) is 12.0. The fourth-order valence-corrected chi connectivity index (χ4v) is 3.09. The van der Waals surface area contributed by atoms with E-state index in [1.165, 1.54) is 0 Å². The highest BCUT2D eigenvalue weighted by atomic mass is 16.6. The van der Waals surface area contributed by atoms with Gasteiger partial charge in [0.1, 0.15) is 5.60 Å². The highest BCUT2D eigenvalue weighted by Crippen LogP contribution is 2.14. The molecule has 8 nitrogen and oxygen atoms in total. The molecule has 1 aliphatic rings. The summed E-state index contributed by atoms with van der Waals surface area (Å²) in [6, 6.07) is 0. The van der Waals surface area contributed by atoms with Crippen LogP contribution in [0.3, 0.4) is 0 Å². The van der Waals surface area contributed by atoms with Crippen LogP contribution in [-0.4, -0.2) is 93.1 Å². The zero-order valence-corrected chi connectivity index (χ0v) is 19.3. The highest BCUT2D eigenvalue weighted by molar-refractivity contribution is 5.80. The van der Waals surface area contributed by atoms with Gasteiger partial charge in [0.2, 0.25) is 0 Å². The number of likely N-dealkylation sites (tertiary alicyclic amines) is 1. The number of amides is 1. The SMILES string of the molecule is CCNC(=NCCN(CC)C(=O)OC(C)(C)C)N1CCC(OCCCOC)CC1. The molecule has 0 bridgehead atoms. The standard InChI is InChI=1S/C21H42N4O4/c1-7-22-19(23-12-15-24(8-2)20(26)29-21(3,4)5)25-13-10-18(11-14-25)28-17-9-16-27-6/h18H,7-17H2,1-6H3,(H,22,23). The summed E-state index contributed by atoms with van der Waals surface area (Å²) in [4.78, 5) is 21.0. The second-order valence-electron chi connectivity index (χ2n) is 8.20. The minimum Gasteiger partial charge on any atom is -0.444 e. The summed E-state index contributed by atoms with van der Waals surface area (Å²) in [5.74, 6) is 0.908. The predicted octanol–water partition coefficient (Wildman–Crippen LogP) is 2.73. The average Bonchev–Trinajstić information content (AvgIpc) is 2.67. The summed E-state index contributed by atoms with van der Waals surface area (Å²) in [5, 5.41) is 3.37. The average molecular weight is 415 g/mol. The summed E-state index contributed by atoms with van der Waals surface area (Å²) in [6.07, 6.45) is 2.96. The molecule has 0 aliphatic carbocycles. The van der Waals surface area contributed by atoms with E-state index in [1.54, 1.807) is 12.0 Å². The minimum absolute atomic E-state index is 0.286. The van der Waals surface area contributed by atoms with Gasteiger partial charge in [-0.3, -0.25) is 4.99 Å². The maximum Gasteiger partial charge on any atom is 0.410 e. The first-order valence-electron chi connectivity index (χ1n) is 10.9. The third kappa shape index (κ3) is 10.7. The quantitative estimate of drug-likeness (QED) is 0.337. The molecule has 170 valence electrons. The Labute approximate surface area is 176 Å². The van der Waals surface area contributed by atoms with Gasteiger partial charge in [0.05, 0.1) is 12.6 Å². The Morgan fingerprint density at radius 2 is 1.90 bits per heavy atom. The summed E-state index contributed by atoms with van der Waals surface area (Å²) >= 11 is 0. The van der Waals surface area contributed by atoms with Gasteiger partial charge >= 0.3 is 6.09 Å². The van der Waals surface area contributed by atoms with E-state index >= 15 is 0 Å². The number of guanidine groups is 1. The molecule has 1 heterocycles. The topological polar surface area (TPSA) is 75.6 Å². The Hall–Kier alpha value is -1.54. The van der Waals surface area contributed by atoms with Crippen molar-refractivity contribution in [3.8, 4) is 0 Å². The van der Waals surface area contributed by atoms with E-state index in [0.717, 1.165) is 58.1 Å². The predicted molar refractivity (Wildman–Crippen MR) is 116 cm³/mol. The van der Waals surface area contributed by atoms with Crippen LogP contribution in [0.25, 0.3) is 0 Å². The zero-order chi connectivity index (χ0) is 21.7. The van der Waals surface area contributed by atoms with Gasteiger partial charge in [-0.05, 0) is 53.9 Å². The van der Waals surface area contributed by atoms with E-state index in [1.807, 2.05) is 27.7 Å². The molecule has 0 spiro atoms. The van der Waals surface area contributed by atoms with Crippen molar-refractivity contribution in [1.29, 1.82) is 0 Å². The monoisotopic (exact) mass is 414 g/mol. The normalized spacial score (nSPS) is 16.1. The molecule has 29 heavy (non-hydrogen) atoms. The van der Waals surface area contributed by atoms with Crippen LogP contribution in [0.2, 0.25) is 0 Å². The lowest BCUT2D eigenvalue weighted by Gasteiger charge is -2.34. The van der Waals surface area contributed by atoms with Gasteiger partial charge < -0.3 is 29.3 Å². The van der Waals surface area contributed by atoms with Crippen LogP contribution in [0.5, 0.6) is 0 Å². The number of rotatable bonds is 10. The number of carbonyl (C=O) groups excluding carboxylic acids is 1. The van der Waals surface area contributed by atoms with Crippen LogP contribution < -0.4 is 5.32 Å². The molecule has 1 aliphatic heterocycles.